The first-order chi connectivity index (χ1) is 9.68. The summed E-state index contributed by atoms with van der Waals surface area (Å²) in [6.07, 6.45) is 1.80. The third-order valence-corrected chi connectivity index (χ3v) is 3.62. The van der Waals surface area contributed by atoms with Crippen LogP contribution in [0.2, 0.25) is 0 Å². The van der Waals surface area contributed by atoms with E-state index in [4.69, 9.17) is 5.73 Å². The zero-order chi connectivity index (χ0) is 14.1. The largest absolute Gasteiger partial charge is 0.398 e. The molecule has 1 heterocycles. The van der Waals surface area contributed by atoms with Gasteiger partial charge >= 0.3 is 0 Å². The second kappa shape index (κ2) is 4.85. The second-order valence-electron chi connectivity index (χ2n) is 4.92. The van der Waals surface area contributed by atoms with Crippen LogP contribution in [0.5, 0.6) is 0 Å². The molecule has 0 unspecified atom stereocenters. The van der Waals surface area contributed by atoms with Gasteiger partial charge in [0, 0.05) is 30.0 Å². The fourth-order valence-corrected chi connectivity index (χ4v) is 2.52. The molecule has 3 rings (SSSR count). The molecular weight excluding hydrogens is 246 g/mol. The zero-order valence-electron chi connectivity index (χ0n) is 11.7. The molecular formula is C17H17N3. The molecule has 0 aliphatic rings. The lowest BCUT2D eigenvalue weighted by Gasteiger charge is -2.23. The summed E-state index contributed by atoms with van der Waals surface area (Å²) in [6.45, 7) is 2.11. The molecule has 0 saturated heterocycles. The van der Waals surface area contributed by atoms with E-state index < -0.39 is 0 Å². The third-order valence-electron chi connectivity index (χ3n) is 3.62. The van der Waals surface area contributed by atoms with Gasteiger partial charge in [-0.25, -0.2) is 0 Å². The lowest BCUT2D eigenvalue weighted by Crippen LogP contribution is -2.12. The van der Waals surface area contributed by atoms with Gasteiger partial charge in [0.15, 0.2) is 0 Å². The smallest absolute Gasteiger partial charge is 0.0959 e. The SMILES string of the molecule is Cc1ccccc1N(C)c1ccc(N)c2cccnc12. The Kier molecular flexibility index (Phi) is 3.03. The van der Waals surface area contributed by atoms with E-state index in [1.54, 1.807) is 6.20 Å². The van der Waals surface area contributed by atoms with Crippen molar-refractivity contribution in [3.05, 3.63) is 60.3 Å². The van der Waals surface area contributed by atoms with Crippen LogP contribution in [0.4, 0.5) is 17.1 Å². The number of aryl methyl sites for hydroxylation is 1. The van der Waals surface area contributed by atoms with E-state index in [-0.39, 0.29) is 0 Å². The monoisotopic (exact) mass is 263 g/mol. The number of nitrogens with two attached hydrogens (primary N) is 1. The van der Waals surface area contributed by atoms with Gasteiger partial charge in [-0.2, -0.15) is 0 Å². The number of anilines is 3. The van der Waals surface area contributed by atoms with E-state index in [1.807, 2.05) is 36.4 Å². The molecule has 0 radical (unpaired) electrons. The highest BCUT2D eigenvalue weighted by Gasteiger charge is 2.11. The number of hydrogen-bond acceptors (Lipinski definition) is 3. The van der Waals surface area contributed by atoms with Crippen LogP contribution in [-0.2, 0) is 0 Å². The van der Waals surface area contributed by atoms with Crippen LogP contribution in [0.1, 0.15) is 5.56 Å². The molecule has 3 aromatic rings. The van der Waals surface area contributed by atoms with Crippen molar-refractivity contribution in [1.82, 2.24) is 4.98 Å². The maximum Gasteiger partial charge on any atom is 0.0959 e. The Labute approximate surface area is 118 Å². The molecule has 20 heavy (non-hydrogen) atoms. The summed E-state index contributed by atoms with van der Waals surface area (Å²) in [5.74, 6) is 0. The predicted molar refractivity (Wildman–Crippen MR) is 85.4 cm³/mol. The highest BCUT2D eigenvalue weighted by Crippen LogP contribution is 2.33. The quantitative estimate of drug-likeness (QED) is 0.713. The molecule has 2 N–H and O–H groups in total. The van der Waals surface area contributed by atoms with Crippen molar-refractivity contribution in [2.45, 2.75) is 6.92 Å². The molecule has 0 aliphatic carbocycles. The van der Waals surface area contributed by atoms with Crippen LogP contribution in [0.15, 0.2) is 54.7 Å². The van der Waals surface area contributed by atoms with Gasteiger partial charge in [-0.15, -0.1) is 0 Å². The van der Waals surface area contributed by atoms with Crippen LogP contribution in [0.3, 0.4) is 0 Å². The zero-order valence-corrected chi connectivity index (χ0v) is 11.7. The van der Waals surface area contributed by atoms with Crippen molar-refractivity contribution in [2.24, 2.45) is 0 Å². The van der Waals surface area contributed by atoms with Crippen LogP contribution < -0.4 is 10.6 Å². The Morgan fingerprint density at radius 1 is 0.950 bits per heavy atom. The Morgan fingerprint density at radius 2 is 1.75 bits per heavy atom. The first kappa shape index (κ1) is 12.5. The first-order valence-corrected chi connectivity index (χ1v) is 6.61. The van der Waals surface area contributed by atoms with Crippen molar-refractivity contribution in [3.8, 4) is 0 Å². The summed E-state index contributed by atoms with van der Waals surface area (Å²) >= 11 is 0. The van der Waals surface area contributed by atoms with Gasteiger partial charge < -0.3 is 10.6 Å². The minimum Gasteiger partial charge on any atom is -0.398 e. The molecule has 3 nitrogen and oxygen atoms in total. The topological polar surface area (TPSA) is 42.1 Å². The van der Waals surface area contributed by atoms with Gasteiger partial charge in [-0.05, 0) is 42.8 Å². The molecule has 0 fully saturated rings. The fourth-order valence-electron chi connectivity index (χ4n) is 2.52. The van der Waals surface area contributed by atoms with Crippen LogP contribution in [0.25, 0.3) is 10.9 Å². The number of aromatic nitrogens is 1. The average molecular weight is 263 g/mol. The maximum absolute atomic E-state index is 6.04. The van der Waals surface area contributed by atoms with Gasteiger partial charge in [0.1, 0.15) is 0 Å². The Balaban J connectivity index is 2.20. The van der Waals surface area contributed by atoms with Crippen molar-refractivity contribution in [1.29, 1.82) is 0 Å². The number of fused-ring (bicyclic) bond motifs is 1. The van der Waals surface area contributed by atoms with E-state index in [0.29, 0.717) is 0 Å². The maximum atomic E-state index is 6.04. The van der Waals surface area contributed by atoms with E-state index >= 15 is 0 Å². The number of nitrogen functional groups attached to an aromatic ring is 1. The van der Waals surface area contributed by atoms with Gasteiger partial charge in [0.25, 0.3) is 0 Å². The van der Waals surface area contributed by atoms with Gasteiger partial charge in [-0.3, -0.25) is 4.98 Å². The highest BCUT2D eigenvalue weighted by atomic mass is 15.1. The van der Waals surface area contributed by atoms with Gasteiger partial charge in [0.05, 0.1) is 11.2 Å². The molecule has 100 valence electrons. The molecule has 0 spiro atoms. The predicted octanol–water partition coefficient (Wildman–Crippen LogP) is 3.89. The summed E-state index contributed by atoms with van der Waals surface area (Å²) in [5, 5.41) is 0.991. The van der Waals surface area contributed by atoms with Crippen LogP contribution in [0, 0.1) is 6.92 Å². The highest BCUT2D eigenvalue weighted by molar-refractivity contribution is 5.99. The molecule has 0 aliphatic heterocycles. The minimum atomic E-state index is 0.759. The number of nitrogens with zero attached hydrogens (tertiary/aromatic N) is 2. The number of para-hydroxylation sites is 1. The number of pyridine rings is 1. The molecule has 0 bridgehead atoms. The van der Waals surface area contributed by atoms with E-state index in [9.17, 15) is 0 Å². The van der Waals surface area contributed by atoms with Gasteiger partial charge in [-0.1, -0.05) is 18.2 Å². The molecule has 0 saturated carbocycles. The fraction of sp³-hybridized carbons (Fsp3) is 0.118. The van der Waals surface area contributed by atoms with Crippen molar-refractivity contribution in [2.75, 3.05) is 17.7 Å². The lowest BCUT2D eigenvalue weighted by atomic mass is 10.1. The molecule has 0 atom stereocenters. The third kappa shape index (κ3) is 1.97. The van der Waals surface area contributed by atoms with Crippen LogP contribution in [-0.4, -0.2) is 12.0 Å². The van der Waals surface area contributed by atoms with E-state index in [0.717, 1.165) is 22.3 Å². The van der Waals surface area contributed by atoms with E-state index in [2.05, 4.69) is 36.0 Å². The number of hydrogen-bond donors (Lipinski definition) is 1. The van der Waals surface area contributed by atoms with Crippen molar-refractivity contribution < 1.29 is 0 Å². The Bertz CT molecular complexity index is 765. The second-order valence-corrected chi connectivity index (χ2v) is 4.92. The molecule has 2 aromatic carbocycles. The van der Waals surface area contributed by atoms with E-state index in [1.165, 1.54) is 11.3 Å². The normalized spacial score (nSPS) is 10.7. The lowest BCUT2D eigenvalue weighted by molar-refractivity contribution is 1.19. The Hall–Kier alpha value is -2.55. The Morgan fingerprint density at radius 3 is 2.55 bits per heavy atom. The summed E-state index contributed by atoms with van der Waals surface area (Å²) < 4.78 is 0. The molecule has 1 aromatic heterocycles. The number of benzene rings is 2. The minimum absolute atomic E-state index is 0.759. The standard InChI is InChI=1S/C17H17N3/c1-12-6-3-4-8-15(12)20(2)16-10-9-14(18)13-7-5-11-19-17(13)16/h3-11H,18H2,1-2H3. The van der Waals surface area contributed by atoms with Crippen LogP contribution >= 0.6 is 0 Å². The van der Waals surface area contributed by atoms with Crippen molar-refractivity contribution >= 4 is 28.0 Å². The summed E-state index contributed by atoms with van der Waals surface area (Å²) in [6, 6.07) is 16.2. The average Bonchev–Trinajstić information content (AvgIpc) is 2.48. The summed E-state index contributed by atoms with van der Waals surface area (Å²) in [5.41, 5.74) is 11.2. The summed E-state index contributed by atoms with van der Waals surface area (Å²) in [4.78, 5) is 6.65. The van der Waals surface area contributed by atoms with Crippen molar-refractivity contribution in [3.63, 3.8) is 0 Å². The van der Waals surface area contributed by atoms with Gasteiger partial charge in [0.2, 0.25) is 0 Å². The molecule has 0 amide bonds. The number of rotatable bonds is 2. The summed E-state index contributed by atoms with van der Waals surface area (Å²) in [7, 11) is 2.06. The first-order valence-electron chi connectivity index (χ1n) is 6.61. The molecule has 3 heteroatoms.